The summed E-state index contributed by atoms with van der Waals surface area (Å²) in [6, 6.07) is 4.42. The van der Waals surface area contributed by atoms with Crippen molar-refractivity contribution in [2.24, 2.45) is 11.5 Å². The minimum absolute atomic E-state index is 0.891. The summed E-state index contributed by atoms with van der Waals surface area (Å²) >= 11 is 0. The molecule has 2 nitrogen and oxygen atoms in total. The molecule has 4 N–H and O–H groups in total. The average molecular weight is 184 g/mol. The quantitative estimate of drug-likeness (QED) is 0.640. The predicted octanol–water partition coefficient (Wildman–Crippen LogP) is 1.40. The lowest BCUT2D eigenvalue weighted by Crippen LogP contribution is -1.97. The maximum atomic E-state index is 5.79. The van der Waals surface area contributed by atoms with Gasteiger partial charge in [-0.2, -0.15) is 0 Å². The zero-order chi connectivity index (χ0) is 9.71. The lowest BCUT2D eigenvalue weighted by Gasteiger charge is -2.03. The van der Waals surface area contributed by atoms with E-state index in [0.717, 1.165) is 24.2 Å². The molecule has 2 heteroatoms. The summed E-state index contributed by atoms with van der Waals surface area (Å²) in [5, 5.41) is 0. The molecule has 0 amide bonds. The molecule has 14 heavy (non-hydrogen) atoms. The van der Waals surface area contributed by atoms with Crippen molar-refractivity contribution in [2.45, 2.75) is 12.8 Å². The summed E-state index contributed by atoms with van der Waals surface area (Å²) in [4.78, 5) is 0. The van der Waals surface area contributed by atoms with Crippen molar-refractivity contribution in [3.05, 3.63) is 45.8 Å². The smallest absolute Gasteiger partial charge is 0.0131 e. The van der Waals surface area contributed by atoms with Crippen molar-refractivity contribution in [1.29, 1.82) is 0 Å². The van der Waals surface area contributed by atoms with E-state index in [2.05, 4.69) is 24.3 Å². The van der Waals surface area contributed by atoms with E-state index < -0.39 is 0 Å². The van der Waals surface area contributed by atoms with Crippen LogP contribution < -0.4 is 11.5 Å². The standard InChI is InChI=1S/C12H12N2/c13-11-3-7-1-8-4-12(14)6-10(8)2-9(7)5-11/h1-4H,5-6,13-14H2. The number of hydrogen-bond donors (Lipinski definition) is 2. The molecule has 0 bridgehead atoms. The van der Waals surface area contributed by atoms with Gasteiger partial charge in [0, 0.05) is 24.2 Å². The van der Waals surface area contributed by atoms with Gasteiger partial charge in [-0.3, -0.25) is 0 Å². The number of nitrogens with two attached hydrogens (primary N) is 2. The van der Waals surface area contributed by atoms with Gasteiger partial charge in [-0.1, -0.05) is 6.07 Å². The Morgan fingerprint density at radius 2 is 1.29 bits per heavy atom. The van der Waals surface area contributed by atoms with Crippen LogP contribution in [0.15, 0.2) is 23.5 Å². The number of benzene rings is 1. The van der Waals surface area contributed by atoms with Crippen LogP contribution in [0.5, 0.6) is 0 Å². The second-order valence-electron chi connectivity index (χ2n) is 4.04. The van der Waals surface area contributed by atoms with Crippen molar-refractivity contribution in [3.63, 3.8) is 0 Å². The van der Waals surface area contributed by atoms with Gasteiger partial charge in [-0.05, 0) is 40.5 Å². The van der Waals surface area contributed by atoms with Crippen LogP contribution in [0, 0.1) is 0 Å². The number of rotatable bonds is 0. The molecule has 2 aliphatic carbocycles. The summed E-state index contributed by atoms with van der Waals surface area (Å²) in [6.07, 6.45) is 5.89. The summed E-state index contributed by atoms with van der Waals surface area (Å²) in [6.45, 7) is 0. The third-order valence-electron chi connectivity index (χ3n) is 2.87. The fourth-order valence-corrected chi connectivity index (χ4v) is 2.25. The number of allylic oxidation sites excluding steroid dienone is 2. The van der Waals surface area contributed by atoms with Crippen molar-refractivity contribution in [2.75, 3.05) is 0 Å². The van der Waals surface area contributed by atoms with Gasteiger partial charge in [0.2, 0.25) is 0 Å². The van der Waals surface area contributed by atoms with E-state index in [1.54, 1.807) is 0 Å². The molecule has 3 rings (SSSR count). The molecule has 0 saturated heterocycles. The SMILES string of the molecule is NC1=Cc2cc3c(cc2C1)CC(N)=C3. The molecule has 0 aromatic heterocycles. The topological polar surface area (TPSA) is 52.0 Å². The van der Waals surface area contributed by atoms with Crippen LogP contribution in [0.4, 0.5) is 0 Å². The first-order chi connectivity index (χ1) is 6.72. The number of hydrogen-bond acceptors (Lipinski definition) is 2. The fourth-order valence-electron chi connectivity index (χ4n) is 2.25. The Morgan fingerprint density at radius 3 is 1.79 bits per heavy atom. The highest BCUT2D eigenvalue weighted by Gasteiger charge is 2.16. The van der Waals surface area contributed by atoms with Crippen LogP contribution in [-0.4, -0.2) is 0 Å². The van der Waals surface area contributed by atoms with E-state index in [0.29, 0.717) is 0 Å². The van der Waals surface area contributed by atoms with Crippen LogP contribution >= 0.6 is 0 Å². The van der Waals surface area contributed by atoms with E-state index >= 15 is 0 Å². The van der Waals surface area contributed by atoms with Gasteiger partial charge in [0.15, 0.2) is 0 Å². The molecule has 0 atom stereocenters. The third-order valence-corrected chi connectivity index (χ3v) is 2.87. The Hall–Kier alpha value is -1.70. The lowest BCUT2D eigenvalue weighted by atomic mass is 10.0. The molecule has 0 unspecified atom stereocenters. The van der Waals surface area contributed by atoms with Crippen LogP contribution in [0.3, 0.4) is 0 Å². The summed E-state index contributed by atoms with van der Waals surface area (Å²) in [7, 11) is 0. The molecule has 0 aliphatic heterocycles. The van der Waals surface area contributed by atoms with Crippen LogP contribution in [0.25, 0.3) is 12.2 Å². The Morgan fingerprint density at radius 1 is 0.786 bits per heavy atom. The van der Waals surface area contributed by atoms with Gasteiger partial charge >= 0.3 is 0 Å². The van der Waals surface area contributed by atoms with E-state index in [-0.39, 0.29) is 0 Å². The minimum atomic E-state index is 0.891. The maximum absolute atomic E-state index is 5.79. The summed E-state index contributed by atoms with van der Waals surface area (Å²) in [5.41, 5.74) is 18.7. The first-order valence-corrected chi connectivity index (χ1v) is 4.80. The maximum Gasteiger partial charge on any atom is 0.0131 e. The highest BCUT2D eigenvalue weighted by molar-refractivity contribution is 5.72. The van der Waals surface area contributed by atoms with Crippen molar-refractivity contribution >= 4 is 12.2 Å². The summed E-state index contributed by atoms with van der Waals surface area (Å²) < 4.78 is 0. The second kappa shape index (κ2) is 2.41. The Bertz CT molecular complexity index is 440. The van der Waals surface area contributed by atoms with Crippen LogP contribution in [0.1, 0.15) is 22.3 Å². The van der Waals surface area contributed by atoms with Gasteiger partial charge in [-0.15, -0.1) is 0 Å². The Kier molecular flexibility index (Phi) is 1.32. The largest absolute Gasteiger partial charge is 0.402 e. The monoisotopic (exact) mass is 184 g/mol. The normalized spacial score (nSPS) is 17.4. The molecular formula is C12H12N2. The second-order valence-corrected chi connectivity index (χ2v) is 4.04. The van der Waals surface area contributed by atoms with Crippen molar-refractivity contribution < 1.29 is 0 Å². The summed E-state index contributed by atoms with van der Waals surface area (Å²) in [5.74, 6) is 0. The third kappa shape index (κ3) is 0.970. The molecule has 2 aliphatic rings. The zero-order valence-electron chi connectivity index (χ0n) is 7.88. The molecule has 1 aromatic rings. The van der Waals surface area contributed by atoms with Gasteiger partial charge < -0.3 is 11.5 Å². The highest BCUT2D eigenvalue weighted by Crippen LogP contribution is 2.30. The van der Waals surface area contributed by atoms with Crippen molar-refractivity contribution in [3.8, 4) is 0 Å². The van der Waals surface area contributed by atoms with Gasteiger partial charge in [0.25, 0.3) is 0 Å². The Labute approximate surface area is 82.9 Å². The molecule has 1 aromatic carbocycles. The average Bonchev–Trinajstić information content (AvgIpc) is 2.59. The molecule has 0 radical (unpaired) electrons. The molecule has 0 fully saturated rings. The molecule has 70 valence electrons. The van der Waals surface area contributed by atoms with Gasteiger partial charge in [0.1, 0.15) is 0 Å². The van der Waals surface area contributed by atoms with Crippen molar-refractivity contribution in [1.82, 2.24) is 0 Å². The molecular weight excluding hydrogens is 172 g/mol. The fraction of sp³-hybridized carbons (Fsp3) is 0.167. The first-order valence-electron chi connectivity index (χ1n) is 4.80. The van der Waals surface area contributed by atoms with Crippen LogP contribution in [-0.2, 0) is 12.8 Å². The van der Waals surface area contributed by atoms with E-state index in [1.165, 1.54) is 22.3 Å². The van der Waals surface area contributed by atoms with E-state index in [4.69, 9.17) is 11.5 Å². The first kappa shape index (κ1) is 7.68. The molecule has 0 spiro atoms. The molecule has 0 saturated carbocycles. The van der Waals surface area contributed by atoms with Gasteiger partial charge in [-0.25, -0.2) is 0 Å². The Balaban J connectivity index is 2.16. The predicted molar refractivity (Wildman–Crippen MR) is 58.2 cm³/mol. The number of fused-ring (bicyclic) bond motifs is 2. The van der Waals surface area contributed by atoms with E-state index in [9.17, 15) is 0 Å². The van der Waals surface area contributed by atoms with Crippen LogP contribution in [0.2, 0.25) is 0 Å². The van der Waals surface area contributed by atoms with Gasteiger partial charge in [0.05, 0.1) is 0 Å². The zero-order valence-corrected chi connectivity index (χ0v) is 7.88. The van der Waals surface area contributed by atoms with E-state index in [1.807, 2.05) is 0 Å². The molecule has 0 heterocycles. The lowest BCUT2D eigenvalue weighted by molar-refractivity contribution is 1.12. The highest BCUT2D eigenvalue weighted by atomic mass is 14.6. The minimum Gasteiger partial charge on any atom is -0.402 e.